The Morgan fingerprint density at radius 3 is 2.64 bits per heavy atom. The van der Waals surface area contributed by atoms with Gasteiger partial charge < -0.3 is 5.32 Å². The maximum Gasteiger partial charge on any atom is 0.00106 e. The normalized spacial score (nSPS) is 34.7. The maximum absolute atomic E-state index is 3.74. The Labute approximate surface area is 91.4 Å². The molecular weight excluding hydrogens is 190 g/mol. The molecule has 2 heteroatoms. The van der Waals surface area contributed by atoms with Gasteiger partial charge >= 0.3 is 0 Å². The van der Waals surface area contributed by atoms with Crippen LogP contribution in [0.25, 0.3) is 0 Å². The highest BCUT2D eigenvalue weighted by Crippen LogP contribution is 2.60. The largest absolute Gasteiger partial charge is 0.316 e. The molecule has 0 amide bonds. The van der Waals surface area contributed by atoms with E-state index in [4.69, 9.17) is 0 Å². The molecule has 0 aromatic rings. The third-order valence-corrected chi connectivity index (χ3v) is 5.50. The SMILES string of the molecule is C1CC(CNCC2(C3CC3)CC2)CS1. The molecule has 3 rings (SSSR count). The lowest BCUT2D eigenvalue weighted by Gasteiger charge is -2.16. The lowest BCUT2D eigenvalue weighted by molar-refractivity contribution is 0.386. The van der Waals surface area contributed by atoms with E-state index >= 15 is 0 Å². The van der Waals surface area contributed by atoms with Gasteiger partial charge in [0.1, 0.15) is 0 Å². The first kappa shape index (κ1) is 9.53. The highest BCUT2D eigenvalue weighted by molar-refractivity contribution is 7.99. The lowest BCUT2D eigenvalue weighted by Crippen LogP contribution is -2.30. The average molecular weight is 211 g/mol. The molecule has 14 heavy (non-hydrogen) atoms. The summed E-state index contributed by atoms with van der Waals surface area (Å²) in [5, 5.41) is 3.74. The minimum atomic E-state index is 0.797. The van der Waals surface area contributed by atoms with Gasteiger partial charge in [0, 0.05) is 6.54 Å². The van der Waals surface area contributed by atoms with E-state index in [-0.39, 0.29) is 0 Å². The van der Waals surface area contributed by atoms with Crippen molar-refractivity contribution in [2.75, 3.05) is 24.6 Å². The van der Waals surface area contributed by atoms with E-state index in [1.54, 1.807) is 0 Å². The summed E-state index contributed by atoms with van der Waals surface area (Å²) in [5.74, 6) is 4.91. The number of rotatable bonds is 5. The Balaban J connectivity index is 1.37. The van der Waals surface area contributed by atoms with Crippen LogP contribution in [0.2, 0.25) is 0 Å². The van der Waals surface area contributed by atoms with E-state index in [1.807, 2.05) is 0 Å². The van der Waals surface area contributed by atoms with E-state index in [1.165, 1.54) is 56.7 Å². The van der Waals surface area contributed by atoms with Crippen LogP contribution < -0.4 is 5.32 Å². The molecule has 2 saturated carbocycles. The van der Waals surface area contributed by atoms with Gasteiger partial charge in [-0.25, -0.2) is 0 Å². The number of hydrogen-bond acceptors (Lipinski definition) is 2. The predicted octanol–water partition coefficient (Wildman–Crippen LogP) is 2.52. The van der Waals surface area contributed by atoms with Crippen molar-refractivity contribution < 1.29 is 0 Å². The van der Waals surface area contributed by atoms with Gasteiger partial charge in [0.15, 0.2) is 0 Å². The minimum Gasteiger partial charge on any atom is -0.316 e. The van der Waals surface area contributed by atoms with Crippen LogP contribution in [-0.4, -0.2) is 24.6 Å². The number of hydrogen-bond donors (Lipinski definition) is 1. The van der Waals surface area contributed by atoms with Crippen molar-refractivity contribution in [1.82, 2.24) is 5.32 Å². The molecule has 2 aliphatic carbocycles. The summed E-state index contributed by atoms with van der Waals surface area (Å²) in [6.07, 6.45) is 7.55. The van der Waals surface area contributed by atoms with E-state index in [0.29, 0.717) is 0 Å². The van der Waals surface area contributed by atoms with E-state index in [9.17, 15) is 0 Å². The summed E-state index contributed by atoms with van der Waals surface area (Å²) in [5.41, 5.74) is 0.797. The van der Waals surface area contributed by atoms with Crippen molar-refractivity contribution in [3.8, 4) is 0 Å². The van der Waals surface area contributed by atoms with Crippen LogP contribution in [-0.2, 0) is 0 Å². The smallest absolute Gasteiger partial charge is 0.00106 e. The third kappa shape index (κ3) is 1.96. The van der Waals surface area contributed by atoms with Gasteiger partial charge in [-0.2, -0.15) is 11.8 Å². The Hall–Kier alpha value is 0.310. The van der Waals surface area contributed by atoms with Gasteiger partial charge in [0.2, 0.25) is 0 Å². The molecular formula is C12H21NS. The molecule has 1 nitrogen and oxygen atoms in total. The average Bonchev–Trinajstić information content (AvgIpc) is 3.07. The number of nitrogens with one attached hydrogen (secondary N) is 1. The Morgan fingerprint density at radius 2 is 2.07 bits per heavy atom. The molecule has 1 heterocycles. The van der Waals surface area contributed by atoms with Gasteiger partial charge in [-0.15, -0.1) is 0 Å². The third-order valence-electron chi connectivity index (χ3n) is 4.27. The molecule has 3 fully saturated rings. The van der Waals surface area contributed by atoms with E-state index in [2.05, 4.69) is 17.1 Å². The highest BCUT2D eigenvalue weighted by atomic mass is 32.2. The fraction of sp³-hybridized carbons (Fsp3) is 1.00. The molecule has 1 saturated heterocycles. The van der Waals surface area contributed by atoms with Crippen LogP contribution in [0, 0.1) is 17.3 Å². The van der Waals surface area contributed by atoms with Crippen molar-refractivity contribution in [3.63, 3.8) is 0 Å². The van der Waals surface area contributed by atoms with Crippen molar-refractivity contribution in [2.24, 2.45) is 17.3 Å². The van der Waals surface area contributed by atoms with Gasteiger partial charge in [-0.3, -0.25) is 0 Å². The second-order valence-corrected chi connectivity index (χ2v) is 6.65. The summed E-state index contributed by atoms with van der Waals surface area (Å²) < 4.78 is 0. The topological polar surface area (TPSA) is 12.0 Å². The highest BCUT2D eigenvalue weighted by Gasteiger charge is 2.53. The molecule has 1 aliphatic heterocycles. The minimum absolute atomic E-state index is 0.797. The van der Waals surface area contributed by atoms with Crippen LogP contribution in [0.15, 0.2) is 0 Å². The lowest BCUT2D eigenvalue weighted by atomic mass is 10.0. The first-order valence-corrected chi connectivity index (χ1v) is 7.33. The standard InChI is InChI=1S/C12H21NS/c1-2-11(1)12(4-5-12)9-13-7-10-3-6-14-8-10/h10-11,13H,1-9H2. The molecule has 1 atom stereocenters. The summed E-state index contributed by atoms with van der Waals surface area (Å²) in [6, 6.07) is 0. The molecule has 1 N–H and O–H groups in total. The molecule has 0 aromatic carbocycles. The summed E-state index contributed by atoms with van der Waals surface area (Å²) >= 11 is 2.13. The second-order valence-electron chi connectivity index (χ2n) is 5.50. The van der Waals surface area contributed by atoms with E-state index in [0.717, 1.165) is 17.3 Å². The first-order chi connectivity index (χ1) is 6.89. The number of thioether (sulfide) groups is 1. The van der Waals surface area contributed by atoms with E-state index < -0.39 is 0 Å². The summed E-state index contributed by atoms with van der Waals surface area (Å²) in [6.45, 7) is 2.63. The van der Waals surface area contributed by atoms with Crippen LogP contribution >= 0.6 is 11.8 Å². The van der Waals surface area contributed by atoms with Crippen molar-refractivity contribution in [1.29, 1.82) is 0 Å². The zero-order valence-electron chi connectivity index (χ0n) is 8.93. The summed E-state index contributed by atoms with van der Waals surface area (Å²) in [4.78, 5) is 0. The Morgan fingerprint density at radius 1 is 1.21 bits per heavy atom. The Bertz CT molecular complexity index is 202. The fourth-order valence-corrected chi connectivity index (χ4v) is 4.14. The van der Waals surface area contributed by atoms with Gasteiger partial charge in [-0.05, 0) is 67.4 Å². The molecule has 80 valence electrons. The van der Waals surface area contributed by atoms with Gasteiger partial charge in [0.05, 0.1) is 0 Å². The molecule has 1 unspecified atom stereocenters. The van der Waals surface area contributed by atoms with Crippen molar-refractivity contribution >= 4 is 11.8 Å². The zero-order valence-corrected chi connectivity index (χ0v) is 9.74. The van der Waals surface area contributed by atoms with Crippen molar-refractivity contribution in [2.45, 2.75) is 32.1 Å². The Kier molecular flexibility index (Phi) is 2.53. The molecule has 0 spiro atoms. The van der Waals surface area contributed by atoms with Crippen molar-refractivity contribution in [3.05, 3.63) is 0 Å². The summed E-state index contributed by atoms with van der Waals surface area (Å²) in [7, 11) is 0. The second kappa shape index (κ2) is 3.71. The first-order valence-electron chi connectivity index (χ1n) is 6.18. The molecule has 0 aromatic heterocycles. The zero-order chi connectivity index (χ0) is 9.43. The van der Waals surface area contributed by atoms with Crippen LogP contribution in [0.5, 0.6) is 0 Å². The predicted molar refractivity (Wildman–Crippen MR) is 62.7 cm³/mol. The monoisotopic (exact) mass is 211 g/mol. The quantitative estimate of drug-likeness (QED) is 0.750. The maximum atomic E-state index is 3.74. The molecule has 0 radical (unpaired) electrons. The fourth-order valence-electron chi connectivity index (χ4n) is 2.86. The molecule has 3 aliphatic rings. The van der Waals surface area contributed by atoms with Crippen LogP contribution in [0.3, 0.4) is 0 Å². The molecule has 0 bridgehead atoms. The van der Waals surface area contributed by atoms with Crippen LogP contribution in [0.4, 0.5) is 0 Å². The van der Waals surface area contributed by atoms with Crippen LogP contribution in [0.1, 0.15) is 32.1 Å². The van der Waals surface area contributed by atoms with Gasteiger partial charge in [0.25, 0.3) is 0 Å². The van der Waals surface area contributed by atoms with Gasteiger partial charge in [-0.1, -0.05) is 0 Å².